The summed E-state index contributed by atoms with van der Waals surface area (Å²) in [6.07, 6.45) is 0. The molecular weight excluding hydrogens is 334 g/mol. The first-order valence-corrected chi connectivity index (χ1v) is 9.79. The summed E-state index contributed by atoms with van der Waals surface area (Å²) < 4.78 is 0. The van der Waals surface area contributed by atoms with Crippen molar-refractivity contribution < 1.29 is 4.79 Å². The number of rotatable bonds is 5. The Bertz CT molecular complexity index is 726. The van der Waals surface area contributed by atoms with E-state index in [1.54, 1.807) is 0 Å². The Hall–Kier alpha value is -2.17. The molecule has 2 aromatic carbocycles. The van der Waals surface area contributed by atoms with Crippen molar-refractivity contribution in [3.63, 3.8) is 0 Å². The molecule has 0 atom stereocenters. The van der Waals surface area contributed by atoms with Crippen molar-refractivity contribution in [1.82, 2.24) is 15.1 Å². The first kappa shape index (κ1) is 19.6. The van der Waals surface area contributed by atoms with E-state index in [0.717, 1.165) is 32.7 Å². The number of nitrogens with zero attached hydrogens (tertiary/aromatic N) is 2. The molecule has 0 spiro atoms. The van der Waals surface area contributed by atoms with Gasteiger partial charge in [0.1, 0.15) is 0 Å². The van der Waals surface area contributed by atoms with Gasteiger partial charge in [0.05, 0.1) is 6.54 Å². The molecule has 1 heterocycles. The largest absolute Gasteiger partial charge is 0.350 e. The van der Waals surface area contributed by atoms with E-state index in [2.05, 4.69) is 63.6 Å². The first-order chi connectivity index (χ1) is 12.9. The van der Waals surface area contributed by atoms with E-state index in [1.165, 1.54) is 16.7 Å². The summed E-state index contributed by atoms with van der Waals surface area (Å²) in [5.74, 6) is 0.118. The zero-order valence-electron chi connectivity index (χ0n) is 16.7. The molecule has 1 amide bonds. The van der Waals surface area contributed by atoms with Gasteiger partial charge in [0.2, 0.25) is 5.91 Å². The van der Waals surface area contributed by atoms with Crippen LogP contribution in [0.1, 0.15) is 26.3 Å². The maximum atomic E-state index is 12.1. The van der Waals surface area contributed by atoms with Crippen molar-refractivity contribution in [3.8, 4) is 11.1 Å². The molecule has 4 heteroatoms. The van der Waals surface area contributed by atoms with Crippen LogP contribution in [0.15, 0.2) is 54.6 Å². The van der Waals surface area contributed by atoms with Gasteiger partial charge in [-0.1, -0.05) is 54.6 Å². The van der Waals surface area contributed by atoms with Crippen molar-refractivity contribution in [3.05, 3.63) is 60.2 Å². The highest BCUT2D eigenvalue weighted by atomic mass is 16.2. The van der Waals surface area contributed by atoms with Crippen LogP contribution in [0.5, 0.6) is 0 Å². The predicted octanol–water partition coefficient (Wildman–Crippen LogP) is 3.39. The molecule has 1 saturated heterocycles. The summed E-state index contributed by atoms with van der Waals surface area (Å²) in [5, 5.41) is 3.04. The third-order valence-corrected chi connectivity index (χ3v) is 4.81. The van der Waals surface area contributed by atoms with Crippen LogP contribution in [0.3, 0.4) is 0 Å². The number of hydrogen-bond donors (Lipinski definition) is 1. The van der Waals surface area contributed by atoms with E-state index in [9.17, 15) is 4.79 Å². The third-order valence-electron chi connectivity index (χ3n) is 4.81. The molecule has 27 heavy (non-hydrogen) atoms. The van der Waals surface area contributed by atoms with Crippen molar-refractivity contribution in [2.45, 2.75) is 32.9 Å². The van der Waals surface area contributed by atoms with Crippen LogP contribution in [0.4, 0.5) is 0 Å². The number of amides is 1. The highest BCUT2D eigenvalue weighted by Crippen LogP contribution is 2.20. The number of nitrogens with one attached hydrogen (secondary N) is 1. The Labute approximate surface area is 163 Å². The second kappa shape index (κ2) is 8.68. The molecule has 0 radical (unpaired) electrons. The van der Waals surface area contributed by atoms with E-state index in [-0.39, 0.29) is 11.4 Å². The van der Waals surface area contributed by atoms with Gasteiger partial charge in [-0.25, -0.2) is 0 Å². The summed E-state index contributed by atoms with van der Waals surface area (Å²) in [6.45, 7) is 11.4. The van der Waals surface area contributed by atoms with Gasteiger partial charge < -0.3 is 5.32 Å². The fraction of sp³-hybridized carbons (Fsp3) is 0.435. The van der Waals surface area contributed by atoms with Gasteiger partial charge in [-0.05, 0) is 37.5 Å². The first-order valence-electron chi connectivity index (χ1n) is 9.79. The van der Waals surface area contributed by atoms with Gasteiger partial charge in [-0.15, -0.1) is 0 Å². The van der Waals surface area contributed by atoms with Gasteiger partial charge >= 0.3 is 0 Å². The van der Waals surface area contributed by atoms with E-state index in [0.29, 0.717) is 6.54 Å². The van der Waals surface area contributed by atoms with Crippen LogP contribution in [-0.2, 0) is 11.3 Å². The second-order valence-electron chi connectivity index (χ2n) is 8.41. The smallest absolute Gasteiger partial charge is 0.234 e. The molecule has 3 rings (SSSR count). The van der Waals surface area contributed by atoms with Crippen molar-refractivity contribution >= 4 is 5.91 Å². The van der Waals surface area contributed by atoms with Gasteiger partial charge in [-0.3, -0.25) is 14.6 Å². The van der Waals surface area contributed by atoms with Gasteiger partial charge in [0, 0.05) is 38.3 Å². The molecule has 144 valence electrons. The number of carbonyl (C=O) groups excluding carboxylic acids is 1. The molecule has 2 aromatic rings. The topological polar surface area (TPSA) is 35.6 Å². The Morgan fingerprint density at radius 2 is 1.41 bits per heavy atom. The lowest BCUT2D eigenvalue weighted by Gasteiger charge is -2.35. The van der Waals surface area contributed by atoms with E-state index < -0.39 is 0 Å². The molecule has 1 aliphatic heterocycles. The Kier molecular flexibility index (Phi) is 6.30. The zero-order valence-corrected chi connectivity index (χ0v) is 16.7. The maximum Gasteiger partial charge on any atom is 0.234 e. The Balaban J connectivity index is 1.46. The van der Waals surface area contributed by atoms with Crippen LogP contribution in [-0.4, -0.2) is 54.0 Å². The van der Waals surface area contributed by atoms with Crippen molar-refractivity contribution in [2.24, 2.45) is 0 Å². The normalized spacial score (nSPS) is 16.3. The summed E-state index contributed by atoms with van der Waals surface area (Å²) in [7, 11) is 0. The van der Waals surface area contributed by atoms with Crippen LogP contribution in [0.2, 0.25) is 0 Å². The average Bonchev–Trinajstić information content (AvgIpc) is 2.63. The molecule has 4 nitrogen and oxygen atoms in total. The van der Waals surface area contributed by atoms with Crippen LogP contribution in [0, 0.1) is 0 Å². The van der Waals surface area contributed by atoms with E-state index >= 15 is 0 Å². The quantitative estimate of drug-likeness (QED) is 0.882. The molecular formula is C23H31N3O. The lowest BCUT2D eigenvalue weighted by atomic mass is 10.0. The maximum absolute atomic E-state index is 12.1. The monoisotopic (exact) mass is 365 g/mol. The standard InChI is InChI=1S/C23H31N3O/c1-23(2,3)24-22(27)18-26-15-13-25(14-16-26)17-19-9-11-21(12-10-19)20-7-5-4-6-8-20/h4-12H,13-18H2,1-3H3,(H,24,27). The summed E-state index contributed by atoms with van der Waals surface area (Å²) in [4.78, 5) is 16.8. The molecule has 0 saturated carbocycles. The van der Waals surface area contributed by atoms with Crippen molar-refractivity contribution in [1.29, 1.82) is 0 Å². The molecule has 1 N–H and O–H groups in total. The number of hydrogen-bond acceptors (Lipinski definition) is 3. The SMILES string of the molecule is CC(C)(C)NC(=O)CN1CCN(Cc2ccc(-c3ccccc3)cc2)CC1. The minimum atomic E-state index is -0.162. The lowest BCUT2D eigenvalue weighted by molar-refractivity contribution is -0.124. The minimum Gasteiger partial charge on any atom is -0.350 e. The fourth-order valence-corrected chi connectivity index (χ4v) is 3.46. The van der Waals surface area contributed by atoms with E-state index in [1.807, 2.05) is 26.8 Å². The second-order valence-corrected chi connectivity index (χ2v) is 8.41. The minimum absolute atomic E-state index is 0.118. The summed E-state index contributed by atoms with van der Waals surface area (Å²) in [6, 6.07) is 19.3. The molecule has 0 aromatic heterocycles. The predicted molar refractivity (Wildman–Crippen MR) is 111 cm³/mol. The van der Waals surface area contributed by atoms with Gasteiger partial charge in [0.15, 0.2) is 0 Å². The van der Waals surface area contributed by atoms with E-state index in [4.69, 9.17) is 0 Å². The summed E-state index contributed by atoms with van der Waals surface area (Å²) >= 11 is 0. The molecule has 0 bridgehead atoms. The number of benzene rings is 2. The average molecular weight is 366 g/mol. The molecule has 0 aliphatic carbocycles. The zero-order chi connectivity index (χ0) is 19.3. The van der Waals surface area contributed by atoms with Gasteiger partial charge in [0.25, 0.3) is 0 Å². The highest BCUT2D eigenvalue weighted by molar-refractivity contribution is 5.78. The van der Waals surface area contributed by atoms with Crippen LogP contribution < -0.4 is 5.32 Å². The summed E-state index contributed by atoms with van der Waals surface area (Å²) in [5.41, 5.74) is 3.69. The van der Waals surface area contributed by atoms with Gasteiger partial charge in [-0.2, -0.15) is 0 Å². The number of carbonyl (C=O) groups is 1. The number of piperazine rings is 1. The lowest BCUT2D eigenvalue weighted by Crippen LogP contribution is -2.51. The Morgan fingerprint density at radius 1 is 0.852 bits per heavy atom. The Morgan fingerprint density at radius 3 is 2.00 bits per heavy atom. The fourth-order valence-electron chi connectivity index (χ4n) is 3.46. The molecule has 1 aliphatic rings. The van der Waals surface area contributed by atoms with Crippen molar-refractivity contribution in [2.75, 3.05) is 32.7 Å². The van der Waals surface area contributed by atoms with Crippen LogP contribution in [0.25, 0.3) is 11.1 Å². The highest BCUT2D eigenvalue weighted by Gasteiger charge is 2.21. The molecule has 1 fully saturated rings. The molecule has 0 unspecified atom stereocenters. The third kappa shape index (κ3) is 6.19. The van der Waals surface area contributed by atoms with Crippen LogP contribution >= 0.6 is 0 Å².